The number of aromatic nitrogens is 1. The molecule has 116 valence electrons. The number of rotatable bonds is 2. The van der Waals surface area contributed by atoms with Crippen LogP contribution in [0.25, 0.3) is 10.9 Å². The van der Waals surface area contributed by atoms with Crippen molar-refractivity contribution in [2.24, 2.45) is 0 Å². The Balaban J connectivity index is 1.51. The van der Waals surface area contributed by atoms with Crippen LogP contribution in [0.4, 0.5) is 0 Å². The number of carbonyl (C=O) groups is 1. The van der Waals surface area contributed by atoms with Gasteiger partial charge < -0.3 is 10.3 Å². The van der Waals surface area contributed by atoms with E-state index < -0.39 is 0 Å². The molecular weight excluding hydrogens is 312 g/mol. The molecule has 0 unspecified atom stereocenters. The lowest BCUT2D eigenvalue weighted by Gasteiger charge is -2.28. The number of nitrogens with one attached hydrogen (secondary N) is 2. The fraction of sp³-hybridized carbons (Fsp3) is 0.471. The van der Waals surface area contributed by atoms with Crippen LogP contribution in [0.5, 0.6) is 0 Å². The molecule has 1 aliphatic carbocycles. The molecule has 3 nitrogen and oxygen atoms in total. The van der Waals surface area contributed by atoms with Gasteiger partial charge in [0.15, 0.2) is 0 Å². The van der Waals surface area contributed by atoms with Crippen LogP contribution >= 0.6 is 23.5 Å². The molecule has 1 aromatic heterocycles. The van der Waals surface area contributed by atoms with Gasteiger partial charge in [0, 0.05) is 39.0 Å². The second-order valence-corrected chi connectivity index (χ2v) is 8.81. The Hall–Kier alpha value is -1.07. The zero-order chi connectivity index (χ0) is 15.1. The molecule has 2 aliphatic rings. The minimum Gasteiger partial charge on any atom is -0.351 e. The molecule has 1 saturated carbocycles. The maximum atomic E-state index is 12.6. The molecule has 1 saturated heterocycles. The van der Waals surface area contributed by atoms with E-state index in [1.165, 1.54) is 23.5 Å². The van der Waals surface area contributed by atoms with Crippen LogP contribution in [0, 0.1) is 6.92 Å². The lowest BCUT2D eigenvalue weighted by atomic mass is 10.2. The van der Waals surface area contributed by atoms with E-state index in [4.69, 9.17) is 0 Å². The standard InChI is InChI=1S/C17H20N2OS2/c1-10-2-3-11-9-14(18-13(11)8-10)17(20)19-12-4-5-15-16(12)22-7-6-21-15/h2-3,8-9,12,15-16,18H,4-7H2,1H3,(H,19,20)/t12-,15-,16+/m1/s1. The molecule has 0 bridgehead atoms. The smallest absolute Gasteiger partial charge is 0.267 e. The Bertz CT molecular complexity index is 712. The first-order valence-corrected chi connectivity index (χ1v) is 9.94. The maximum Gasteiger partial charge on any atom is 0.267 e. The fourth-order valence-electron chi connectivity index (χ4n) is 3.48. The van der Waals surface area contributed by atoms with E-state index in [1.54, 1.807) is 0 Å². The third-order valence-electron chi connectivity index (χ3n) is 4.59. The highest BCUT2D eigenvalue weighted by Gasteiger charge is 2.39. The molecule has 2 fully saturated rings. The topological polar surface area (TPSA) is 44.9 Å². The second kappa shape index (κ2) is 5.85. The molecule has 0 spiro atoms. The number of aromatic amines is 1. The monoisotopic (exact) mass is 332 g/mol. The van der Waals surface area contributed by atoms with Crippen molar-refractivity contribution in [1.82, 2.24) is 10.3 Å². The van der Waals surface area contributed by atoms with E-state index in [9.17, 15) is 4.79 Å². The molecule has 2 aromatic rings. The first-order valence-electron chi connectivity index (χ1n) is 7.84. The van der Waals surface area contributed by atoms with Gasteiger partial charge in [0.2, 0.25) is 0 Å². The summed E-state index contributed by atoms with van der Waals surface area (Å²) in [5.74, 6) is 2.51. The summed E-state index contributed by atoms with van der Waals surface area (Å²) in [6, 6.07) is 8.51. The Morgan fingerprint density at radius 3 is 3.00 bits per heavy atom. The minimum absolute atomic E-state index is 0.0377. The third-order valence-corrected chi connectivity index (χ3v) is 7.90. The number of thioether (sulfide) groups is 2. The van der Waals surface area contributed by atoms with Crippen LogP contribution in [0.1, 0.15) is 28.9 Å². The summed E-state index contributed by atoms with van der Waals surface area (Å²) < 4.78 is 0. The van der Waals surface area contributed by atoms with Crippen molar-refractivity contribution in [2.45, 2.75) is 36.3 Å². The molecule has 4 rings (SSSR count). The highest BCUT2D eigenvalue weighted by molar-refractivity contribution is 8.07. The Kier molecular flexibility index (Phi) is 3.86. The van der Waals surface area contributed by atoms with Gasteiger partial charge in [-0.3, -0.25) is 4.79 Å². The molecule has 22 heavy (non-hydrogen) atoms. The quantitative estimate of drug-likeness (QED) is 0.883. The molecule has 1 aliphatic heterocycles. The number of amides is 1. The van der Waals surface area contributed by atoms with Gasteiger partial charge in [-0.15, -0.1) is 0 Å². The fourth-order valence-corrected chi connectivity index (χ4v) is 6.77. The first-order chi connectivity index (χ1) is 10.7. The summed E-state index contributed by atoms with van der Waals surface area (Å²) in [6.45, 7) is 2.07. The van der Waals surface area contributed by atoms with E-state index in [-0.39, 0.29) is 5.91 Å². The molecule has 0 radical (unpaired) electrons. The highest BCUT2D eigenvalue weighted by atomic mass is 32.2. The summed E-state index contributed by atoms with van der Waals surface area (Å²) in [6.07, 6.45) is 2.35. The molecule has 3 atom stereocenters. The van der Waals surface area contributed by atoms with Crippen molar-refractivity contribution >= 4 is 40.3 Å². The van der Waals surface area contributed by atoms with Gasteiger partial charge in [0.1, 0.15) is 5.69 Å². The maximum absolute atomic E-state index is 12.6. The van der Waals surface area contributed by atoms with Crippen LogP contribution < -0.4 is 5.32 Å². The van der Waals surface area contributed by atoms with Crippen LogP contribution in [0.2, 0.25) is 0 Å². The van der Waals surface area contributed by atoms with Crippen molar-refractivity contribution in [3.8, 4) is 0 Å². The lowest BCUT2D eigenvalue weighted by molar-refractivity contribution is 0.0934. The van der Waals surface area contributed by atoms with Crippen LogP contribution in [-0.4, -0.2) is 38.9 Å². The average Bonchev–Trinajstić information content (AvgIpc) is 3.11. The van der Waals surface area contributed by atoms with E-state index in [2.05, 4.69) is 47.2 Å². The van der Waals surface area contributed by atoms with E-state index in [1.807, 2.05) is 17.8 Å². The number of fused-ring (bicyclic) bond motifs is 2. The summed E-state index contributed by atoms with van der Waals surface area (Å²) in [5, 5.41) is 5.69. The molecule has 2 N–H and O–H groups in total. The Labute approximate surface area is 139 Å². The van der Waals surface area contributed by atoms with E-state index in [0.717, 1.165) is 22.6 Å². The number of H-pyrrole nitrogens is 1. The van der Waals surface area contributed by atoms with Crippen molar-refractivity contribution in [3.63, 3.8) is 0 Å². The number of aryl methyl sites for hydroxylation is 1. The predicted molar refractivity (Wildman–Crippen MR) is 96.0 cm³/mol. The minimum atomic E-state index is 0.0377. The van der Waals surface area contributed by atoms with Gasteiger partial charge in [-0.1, -0.05) is 12.1 Å². The SMILES string of the molecule is Cc1ccc2cc(C(=O)N[C@@H]3CC[C@H]4SCCS[C@@H]34)[nH]c2c1. The number of hydrogen-bond donors (Lipinski definition) is 2. The summed E-state index contributed by atoms with van der Waals surface area (Å²) in [7, 11) is 0. The van der Waals surface area contributed by atoms with E-state index >= 15 is 0 Å². The molecule has 5 heteroatoms. The van der Waals surface area contributed by atoms with Gasteiger partial charge in [-0.25, -0.2) is 0 Å². The first kappa shape index (κ1) is 14.5. The average molecular weight is 332 g/mol. The zero-order valence-corrected chi connectivity index (χ0v) is 14.2. The number of hydrogen-bond acceptors (Lipinski definition) is 3. The summed E-state index contributed by atoms with van der Waals surface area (Å²) >= 11 is 4.13. The Morgan fingerprint density at radius 2 is 2.09 bits per heavy atom. The van der Waals surface area contributed by atoms with Crippen LogP contribution in [0.3, 0.4) is 0 Å². The largest absolute Gasteiger partial charge is 0.351 e. The third kappa shape index (κ3) is 2.65. The molecular formula is C17H20N2OS2. The van der Waals surface area contributed by atoms with Crippen molar-refractivity contribution < 1.29 is 4.79 Å². The van der Waals surface area contributed by atoms with Gasteiger partial charge >= 0.3 is 0 Å². The predicted octanol–water partition coefficient (Wildman–Crippen LogP) is 3.59. The zero-order valence-electron chi connectivity index (χ0n) is 12.6. The lowest BCUT2D eigenvalue weighted by Crippen LogP contribution is -2.42. The second-order valence-electron chi connectivity index (χ2n) is 6.18. The number of benzene rings is 1. The van der Waals surface area contributed by atoms with Crippen molar-refractivity contribution in [3.05, 3.63) is 35.5 Å². The van der Waals surface area contributed by atoms with E-state index in [0.29, 0.717) is 17.0 Å². The van der Waals surface area contributed by atoms with Gasteiger partial charge in [-0.2, -0.15) is 23.5 Å². The van der Waals surface area contributed by atoms with Gasteiger partial charge in [-0.05, 0) is 37.5 Å². The summed E-state index contributed by atoms with van der Waals surface area (Å²) in [4.78, 5) is 15.8. The van der Waals surface area contributed by atoms with Crippen molar-refractivity contribution in [1.29, 1.82) is 0 Å². The Morgan fingerprint density at radius 1 is 1.23 bits per heavy atom. The normalized spacial score (nSPS) is 27.8. The highest BCUT2D eigenvalue weighted by Crippen LogP contribution is 2.42. The van der Waals surface area contributed by atoms with Gasteiger partial charge in [0.05, 0.1) is 0 Å². The molecule has 1 amide bonds. The molecule has 1 aromatic carbocycles. The van der Waals surface area contributed by atoms with Crippen molar-refractivity contribution in [2.75, 3.05) is 11.5 Å². The number of carbonyl (C=O) groups excluding carboxylic acids is 1. The van der Waals surface area contributed by atoms with Crippen LogP contribution in [0.15, 0.2) is 24.3 Å². The molecule has 2 heterocycles. The van der Waals surface area contributed by atoms with Gasteiger partial charge in [0.25, 0.3) is 5.91 Å². The summed E-state index contributed by atoms with van der Waals surface area (Å²) in [5.41, 5.74) is 2.92. The van der Waals surface area contributed by atoms with Crippen LogP contribution in [-0.2, 0) is 0 Å².